The molecule has 0 saturated heterocycles. The highest BCUT2D eigenvalue weighted by atomic mass is 35.5. The lowest BCUT2D eigenvalue weighted by Gasteiger charge is -2.34. The van der Waals surface area contributed by atoms with Crippen molar-refractivity contribution < 1.29 is 17.9 Å². The van der Waals surface area contributed by atoms with Crippen molar-refractivity contribution in [2.24, 2.45) is 0 Å². The molecule has 23 heavy (non-hydrogen) atoms. The summed E-state index contributed by atoms with van der Waals surface area (Å²) in [7, 11) is -3.54. The average Bonchev–Trinajstić information content (AvgIpc) is 2.98. The first kappa shape index (κ1) is 16.4. The van der Waals surface area contributed by atoms with Gasteiger partial charge in [0.25, 0.3) is 5.91 Å². The zero-order valence-corrected chi connectivity index (χ0v) is 14.4. The molecule has 6 nitrogen and oxygen atoms in total. The zero-order valence-electron chi connectivity index (χ0n) is 12.8. The van der Waals surface area contributed by atoms with Crippen molar-refractivity contribution in [2.45, 2.75) is 37.8 Å². The van der Waals surface area contributed by atoms with Crippen LogP contribution in [0.2, 0.25) is 5.02 Å². The summed E-state index contributed by atoms with van der Waals surface area (Å²) in [4.78, 5) is 12.4. The normalized spacial score (nSPS) is 21.7. The van der Waals surface area contributed by atoms with E-state index in [1.54, 1.807) is 12.1 Å². The van der Waals surface area contributed by atoms with Gasteiger partial charge in [0.1, 0.15) is 5.75 Å². The smallest absolute Gasteiger partial charge is 0.263 e. The van der Waals surface area contributed by atoms with E-state index in [1.807, 2.05) is 0 Å². The number of nitrogens with zero attached hydrogens (tertiary/aromatic N) is 1. The van der Waals surface area contributed by atoms with Crippen LogP contribution in [0, 0.1) is 0 Å². The second kappa shape index (κ2) is 6.20. The van der Waals surface area contributed by atoms with Gasteiger partial charge in [0.2, 0.25) is 10.0 Å². The Balaban J connectivity index is 1.85. The van der Waals surface area contributed by atoms with Crippen LogP contribution in [0.25, 0.3) is 0 Å². The minimum atomic E-state index is -3.54. The molecule has 1 aromatic rings. The van der Waals surface area contributed by atoms with Gasteiger partial charge in [0.05, 0.1) is 18.5 Å². The van der Waals surface area contributed by atoms with E-state index in [4.69, 9.17) is 16.3 Å². The summed E-state index contributed by atoms with van der Waals surface area (Å²) in [5.41, 5.74) is 0.366. The Labute approximate surface area is 140 Å². The number of amides is 1. The zero-order chi connectivity index (χ0) is 16.6. The highest BCUT2D eigenvalue weighted by Gasteiger charge is 2.36. The number of nitrogens with one attached hydrogen (secondary N) is 1. The Morgan fingerprint density at radius 3 is 2.70 bits per heavy atom. The van der Waals surface area contributed by atoms with Gasteiger partial charge < -0.3 is 10.1 Å². The molecule has 1 saturated carbocycles. The number of rotatable bonds is 3. The van der Waals surface area contributed by atoms with Gasteiger partial charge in [-0.25, -0.2) is 8.42 Å². The van der Waals surface area contributed by atoms with E-state index in [-0.39, 0.29) is 18.5 Å². The maximum atomic E-state index is 12.4. The number of benzene rings is 1. The second-order valence-corrected chi connectivity index (χ2v) is 8.35. The van der Waals surface area contributed by atoms with E-state index >= 15 is 0 Å². The number of hydrogen-bond donors (Lipinski definition) is 1. The average molecular weight is 359 g/mol. The maximum absolute atomic E-state index is 12.4. The predicted octanol–water partition coefficient (Wildman–Crippen LogP) is 1.93. The molecule has 1 fully saturated rings. The van der Waals surface area contributed by atoms with Gasteiger partial charge in [-0.2, -0.15) is 0 Å². The van der Waals surface area contributed by atoms with E-state index in [0.717, 1.165) is 31.9 Å². The van der Waals surface area contributed by atoms with Gasteiger partial charge in [-0.1, -0.05) is 24.4 Å². The first-order valence-corrected chi connectivity index (χ1v) is 9.81. The van der Waals surface area contributed by atoms with Crippen LogP contribution in [0.15, 0.2) is 18.2 Å². The van der Waals surface area contributed by atoms with Crippen LogP contribution in [-0.4, -0.2) is 39.3 Å². The molecular weight excluding hydrogens is 340 g/mol. The molecule has 0 spiro atoms. The molecule has 2 aliphatic rings. The third-order valence-electron chi connectivity index (χ3n) is 4.18. The van der Waals surface area contributed by atoms with E-state index in [0.29, 0.717) is 16.5 Å². The van der Waals surface area contributed by atoms with Gasteiger partial charge >= 0.3 is 0 Å². The number of fused-ring (bicyclic) bond motifs is 1. The quantitative estimate of drug-likeness (QED) is 0.895. The van der Waals surface area contributed by atoms with Crippen molar-refractivity contribution in [1.29, 1.82) is 0 Å². The predicted molar refractivity (Wildman–Crippen MR) is 88.5 cm³/mol. The fraction of sp³-hybridized carbons (Fsp3) is 0.533. The summed E-state index contributed by atoms with van der Waals surface area (Å²) in [6, 6.07) is 4.89. The molecule has 8 heteroatoms. The fourth-order valence-corrected chi connectivity index (χ4v) is 4.11. The summed E-state index contributed by atoms with van der Waals surface area (Å²) in [5.74, 6) is 0.0730. The Bertz CT molecular complexity index is 716. The van der Waals surface area contributed by atoms with E-state index in [2.05, 4.69) is 5.32 Å². The third-order valence-corrected chi connectivity index (χ3v) is 5.57. The van der Waals surface area contributed by atoms with Crippen LogP contribution < -0.4 is 14.4 Å². The molecule has 0 aromatic heterocycles. The Kier molecular flexibility index (Phi) is 4.42. The first-order valence-electron chi connectivity index (χ1n) is 7.59. The largest absolute Gasteiger partial charge is 0.476 e. The van der Waals surface area contributed by atoms with E-state index in [9.17, 15) is 13.2 Å². The Hall–Kier alpha value is -1.47. The number of carbonyl (C=O) groups excluding carboxylic acids is 1. The molecule has 0 bridgehead atoms. The van der Waals surface area contributed by atoms with E-state index in [1.165, 1.54) is 10.4 Å². The summed E-state index contributed by atoms with van der Waals surface area (Å²) in [5, 5.41) is 3.36. The van der Waals surface area contributed by atoms with Crippen molar-refractivity contribution in [3.8, 4) is 5.75 Å². The summed E-state index contributed by atoms with van der Waals surface area (Å²) in [6.07, 6.45) is 4.37. The van der Waals surface area contributed by atoms with Crippen molar-refractivity contribution in [2.75, 3.05) is 17.1 Å². The summed E-state index contributed by atoms with van der Waals surface area (Å²) in [6.45, 7) is -0.0509. The molecule has 1 aliphatic heterocycles. The molecule has 1 aromatic carbocycles. The van der Waals surface area contributed by atoms with E-state index < -0.39 is 16.1 Å². The van der Waals surface area contributed by atoms with Gasteiger partial charge in [0.15, 0.2) is 6.10 Å². The fourth-order valence-electron chi connectivity index (χ4n) is 3.04. The topological polar surface area (TPSA) is 75.7 Å². The van der Waals surface area contributed by atoms with Crippen LogP contribution in [0.5, 0.6) is 5.75 Å². The van der Waals surface area contributed by atoms with Crippen LogP contribution in [0.1, 0.15) is 25.7 Å². The summed E-state index contributed by atoms with van der Waals surface area (Å²) < 4.78 is 31.0. The standard InChI is InChI=1S/C15H19ClN2O4S/c1-23(20,21)18-9-14(15(19)17-11-4-2-3-5-11)22-13-7-6-10(16)8-12(13)18/h6-8,11,14H,2-5,9H2,1H3,(H,17,19)/t14-/m1/s1. The van der Waals surface area contributed by atoms with Gasteiger partial charge in [-0.15, -0.1) is 0 Å². The Morgan fingerprint density at radius 1 is 1.35 bits per heavy atom. The number of anilines is 1. The number of sulfonamides is 1. The number of halogens is 1. The molecule has 1 amide bonds. The van der Waals surface area contributed by atoms with Crippen LogP contribution in [-0.2, 0) is 14.8 Å². The van der Waals surface area contributed by atoms with Gasteiger partial charge in [-0.3, -0.25) is 9.10 Å². The lowest BCUT2D eigenvalue weighted by Crippen LogP contribution is -2.52. The molecule has 0 unspecified atom stereocenters. The van der Waals surface area contributed by atoms with Gasteiger partial charge in [-0.05, 0) is 31.0 Å². The molecule has 1 heterocycles. The lowest BCUT2D eigenvalue weighted by molar-refractivity contribution is -0.128. The molecule has 1 N–H and O–H groups in total. The van der Waals surface area contributed by atoms with Crippen molar-refractivity contribution in [1.82, 2.24) is 5.32 Å². The molecule has 0 radical (unpaired) electrons. The summed E-state index contributed by atoms with van der Waals surface area (Å²) >= 11 is 5.95. The maximum Gasteiger partial charge on any atom is 0.263 e. The molecule has 1 aliphatic carbocycles. The van der Waals surface area contributed by atoms with Crippen LogP contribution >= 0.6 is 11.6 Å². The lowest BCUT2D eigenvalue weighted by atomic mass is 10.2. The van der Waals surface area contributed by atoms with Crippen molar-refractivity contribution in [3.63, 3.8) is 0 Å². The third kappa shape index (κ3) is 3.55. The molecule has 1 atom stereocenters. The Morgan fingerprint density at radius 2 is 2.04 bits per heavy atom. The molecule has 3 rings (SSSR count). The van der Waals surface area contributed by atoms with Crippen LogP contribution in [0.4, 0.5) is 5.69 Å². The van der Waals surface area contributed by atoms with Crippen molar-refractivity contribution >= 4 is 33.2 Å². The monoisotopic (exact) mass is 358 g/mol. The number of carbonyl (C=O) groups is 1. The number of hydrogen-bond acceptors (Lipinski definition) is 4. The van der Waals surface area contributed by atoms with Gasteiger partial charge in [0, 0.05) is 11.1 Å². The molecule has 126 valence electrons. The SMILES string of the molecule is CS(=O)(=O)N1C[C@H](C(=O)NC2CCCC2)Oc2ccc(Cl)cc21. The first-order chi connectivity index (χ1) is 10.8. The molecular formula is C15H19ClN2O4S. The minimum Gasteiger partial charge on any atom is -0.476 e. The number of ether oxygens (including phenoxy) is 1. The van der Waals surface area contributed by atoms with Crippen LogP contribution in [0.3, 0.4) is 0 Å². The highest BCUT2D eigenvalue weighted by Crippen LogP contribution is 2.37. The minimum absolute atomic E-state index is 0.0509. The second-order valence-electron chi connectivity index (χ2n) is 6.00. The highest BCUT2D eigenvalue weighted by molar-refractivity contribution is 7.92. The van der Waals surface area contributed by atoms with Crippen molar-refractivity contribution in [3.05, 3.63) is 23.2 Å².